The molecule has 0 radical (unpaired) electrons. The zero-order valence-electron chi connectivity index (χ0n) is 12.3. The first-order valence-corrected chi connectivity index (χ1v) is 7.50. The molecule has 1 aliphatic carbocycles. The summed E-state index contributed by atoms with van der Waals surface area (Å²) in [4.78, 5) is 2.57. The Labute approximate surface area is 108 Å². The predicted molar refractivity (Wildman–Crippen MR) is 76.4 cm³/mol. The average Bonchev–Trinajstić information content (AvgIpc) is 2.28. The molecule has 1 N–H and O–H groups in total. The highest BCUT2D eigenvalue weighted by molar-refractivity contribution is 4.77. The highest BCUT2D eigenvalue weighted by atomic mass is 15.1. The lowest BCUT2D eigenvalue weighted by atomic mass is 9.86. The number of hydrogen-bond acceptors (Lipinski definition) is 2. The van der Waals surface area contributed by atoms with Crippen molar-refractivity contribution in [2.75, 3.05) is 26.7 Å². The van der Waals surface area contributed by atoms with Crippen molar-refractivity contribution in [3.05, 3.63) is 0 Å². The lowest BCUT2D eigenvalue weighted by Crippen LogP contribution is -2.39. The topological polar surface area (TPSA) is 15.3 Å². The Hall–Kier alpha value is -0.0800. The van der Waals surface area contributed by atoms with Gasteiger partial charge in [0.25, 0.3) is 0 Å². The third-order valence-electron chi connectivity index (χ3n) is 4.07. The van der Waals surface area contributed by atoms with E-state index in [0.717, 1.165) is 24.4 Å². The Morgan fingerprint density at radius 3 is 2.65 bits per heavy atom. The van der Waals surface area contributed by atoms with Gasteiger partial charge < -0.3 is 10.2 Å². The van der Waals surface area contributed by atoms with Crippen LogP contribution >= 0.6 is 0 Å². The lowest BCUT2D eigenvalue weighted by molar-refractivity contribution is 0.164. The Kier molecular flexibility index (Phi) is 7.14. The summed E-state index contributed by atoms with van der Waals surface area (Å²) in [6.07, 6.45) is 6.98. The molecule has 0 bridgehead atoms. The Bertz CT molecular complexity index is 191. The van der Waals surface area contributed by atoms with E-state index in [1.165, 1.54) is 45.2 Å². The molecule has 0 heterocycles. The Balaban J connectivity index is 2.05. The van der Waals surface area contributed by atoms with Crippen molar-refractivity contribution in [1.82, 2.24) is 10.2 Å². The van der Waals surface area contributed by atoms with Crippen molar-refractivity contribution in [3.8, 4) is 0 Å². The van der Waals surface area contributed by atoms with Crippen LogP contribution in [-0.4, -0.2) is 37.6 Å². The number of hydrogen-bond donors (Lipinski definition) is 1. The van der Waals surface area contributed by atoms with Gasteiger partial charge in [-0.3, -0.25) is 0 Å². The molecule has 0 aromatic carbocycles. The molecular formula is C15H32N2. The molecule has 17 heavy (non-hydrogen) atoms. The van der Waals surface area contributed by atoms with Gasteiger partial charge in [0, 0.05) is 19.1 Å². The van der Waals surface area contributed by atoms with Gasteiger partial charge in [0.1, 0.15) is 0 Å². The van der Waals surface area contributed by atoms with Crippen LogP contribution in [0.15, 0.2) is 0 Å². The minimum Gasteiger partial charge on any atom is -0.315 e. The van der Waals surface area contributed by atoms with E-state index in [1.54, 1.807) is 0 Å². The van der Waals surface area contributed by atoms with Crippen LogP contribution in [-0.2, 0) is 0 Å². The summed E-state index contributed by atoms with van der Waals surface area (Å²) in [6, 6.07) is 0.839. The number of nitrogens with zero attached hydrogens (tertiary/aromatic N) is 1. The summed E-state index contributed by atoms with van der Waals surface area (Å²) >= 11 is 0. The van der Waals surface area contributed by atoms with Crippen LogP contribution in [0.2, 0.25) is 0 Å². The number of rotatable bonds is 7. The summed E-state index contributed by atoms with van der Waals surface area (Å²) < 4.78 is 0. The normalized spacial score (nSPS) is 25.8. The summed E-state index contributed by atoms with van der Waals surface area (Å²) in [5.74, 6) is 1.75. The fourth-order valence-corrected chi connectivity index (χ4v) is 2.76. The van der Waals surface area contributed by atoms with Crippen LogP contribution in [0.25, 0.3) is 0 Å². The fourth-order valence-electron chi connectivity index (χ4n) is 2.76. The molecule has 1 fully saturated rings. The molecule has 0 amide bonds. The van der Waals surface area contributed by atoms with Crippen LogP contribution in [0.1, 0.15) is 52.9 Å². The maximum Gasteiger partial charge on any atom is 0.0107 e. The molecule has 0 aliphatic heterocycles. The van der Waals surface area contributed by atoms with Crippen molar-refractivity contribution in [2.45, 2.75) is 58.9 Å². The third-order valence-corrected chi connectivity index (χ3v) is 4.07. The van der Waals surface area contributed by atoms with E-state index >= 15 is 0 Å². The second kappa shape index (κ2) is 8.10. The number of nitrogens with one attached hydrogen (secondary N) is 1. The fraction of sp³-hybridized carbons (Fsp3) is 1.00. The molecule has 0 spiro atoms. The molecule has 2 heteroatoms. The quantitative estimate of drug-likeness (QED) is 0.688. The van der Waals surface area contributed by atoms with Gasteiger partial charge in [-0.2, -0.15) is 0 Å². The van der Waals surface area contributed by atoms with Gasteiger partial charge in [-0.1, -0.05) is 33.6 Å². The zero-order chi connectivity index (χ0) is 12.7. The van der Waals surface area contributed by atoms with Gasteiger partial charge in [-0.15, -0.1) is 0 Å². The molecule has 0 aromatic rings. The van der Waals surface area contributed by atoms with E-state index < -0.39 is 0 Å². The van der Waals surface area contributed by atoms with Crippen LogP contribution in [0.3, 0.4) is 0 Å². The summed E-state index contributed by atoms with van der Waals surface area (Å²) in [5.41, 5.74) is 0. The molecule has 2 atom stereocenters. The Morgan fingerprint density at radius 2 is 2.00 bits per heavy atom. The van der Waals surface area contributed by atoms with Crippen molar-refractivity contribution >= 4 is 0 Å². The third kappa shape index (κ3) is 6.42. The highest BCUT2D eigenvalue weighted by Gasteiger charge is 2.21. The van der Waals surface area contributed by atoms with Gasteiger partial charge in [-0.05, 0) is 44.7 Å². The van der Waals surface area contributed by atoms with Crippen LogP contribution < -0.4 is 5.32 Å². The molecule has 0 aromatic heterocycles. The second-order valence-corrected chi connectivity index (χ2v) is 6.34. The predicted octanol–water partition coefficient (Wildman–Crippen LogP) is 3.13. The maximum absolute atomic E-state index is 3.56. The zero-order valence-corrected chi connectivity index (χ0v) is 12.3. The molecular weight excluding hydrogens is 208 g/mol. The minimum absolute atomic E-state index is 0.819. The van der Waals surface area contributed by atoms with Crippen LogP contribution in [0.5, 0.6) is 0 Å². The summed E-state index contributed by atoms with van der Waals surface area (Å²) in [7, 11) is 2.30. The first kappa shape index (κ1) is 15.0. The molecule has 1 aliphatic rings. The Morgan fingerprint density at radius 1 is 1.24 bits per heavy atom. The largest absolute Gasteiger partial charge is 0.315 e. The monoisotopic (exact) mass is 240 g/mol. The number of likely N-dealkylation sites (N-methyl/N-ethyl adjacent to an activating group) is 1. The van der Waals surface area contributed by atoms with Gasteiger partial charge in [-0.25, -0.2) is 0 Å². The molecule has 2 unspecified atom stereocenters. The standard InChI is InChI=1S/C15H32N2/c1-13(2)8-9-16-10-11-17(4)15-7-5-6-14(3)12-15/h13-16H,5-12H2,1-4H3. The van der Waals surface area contributed by atoms with Gasteiger partial charge in [0.05, 0.1) is 0 Å². The summed E-state index contributed by atoms with van der Waals surface area (Å²) in [6.45, 7) is 10.5. The van der Waals surface area contributed by atoms with E-state index in [9.17, 15) is 0 Å². The van der Waals surface area contributed by atoms with Crippen molar-refractivity contribution in [2.24, 2.45) is 11.8 Å². The molecule has 1 rings (SSSR count). The minimum atomic E-state index is 0.819. The molecule has 102 valence electrons. The van der Waals surface area contributed by atoms with E-state index in [1.807, 2.05) is 0 Å². The van der Waals surface area contributed by atoms with Gasteiger partial charge >= 0.3 is 0 Å². The molecule has 1 saturated carbocycles. The van der Waals surface area contributed by atoms with Crippen LogP contribution in [0, 0.1) is 11.8 Å². The summed E-state index contributed by atoms with van der Waals surface area (Å²) in [5, 5.41) is 3.56. The smallest absolute Gasteiger partial charge is 0.0107 e. The van der Waals surface area contributed by atoms with Crippen LogP contribution in [0.4, 0.5) is 0 Å². The van der Waals surface area contributed by atoms with E-state index in [2.05, 4.69) is 38.0 Å². The van der Waals surface area contributed by atoms with Crippen molar-refractivity contribution in [1.29, 1.82) is 0 Å². The van der Waals surface area contributed by atoms with E-state index in [-0.39, 0.29) is 0 Å². The van der Waals surface area contributed by atoms with E-state index in [0.29, 0.717) is 0 Å². The van der Waals surface area contributed by atoms with Gasteiger partial charge in [0.2, 0.25) is 0 Å². The first-order valence-electron chi connectivity index (χ1n) is 7.50. The first-order chi connectivity index (χ1) is 8.09. The lowest BCUT2D eigenvalue weighted by Gasteiger charge is -2.34. The highest BCUT2D eigenvalue weighted by Crippen LogP contribution is 2.26. The molecule has 0 saturated heterocycles. The second-order valence-electron chi connectivity index (χ2n) is 6.34. The SMILES string of the molecule is CC(C)CCNCCN(C)C1CCCC(C)C1. The van der Waals surface area contributed by atoms with E-state index in [4.69, 9.17) is 0 Å². The van der Waals surface area contributed by atoms with Crippen molar-refractivity contribution < 1.29 is 0 Å². The maximum atomic E-state index is 3.56. The van der Waals surface area contributed by atoms with Crippen molar-refractivity contribution in [3.63, 3.8) is 0 Å². The van der Waals surface area contributed by atoms with Gasteiger partial charge in [0.15, 0.2) is 0 Å². The average molecular weight is 240 g/mol. The molecule has 2 nitrogen and oxygen atoms in total.